The smallest absolute Gasteiger partial charge is 0.251 e. The first-order valence-corrected chi connectivity index (χ1v) is 8.49. The number of nitrogens with one attached hydrogen (secondary N) is 1. The molecule has 0 unspecified atom stereocenters. The Labute approximate surface area is 140 Å². The second kappa shape index (κ2) is 6.43. The second-order valence-electron chi connectivity index (χ2n) is 6.24. The van der Waals surface area contributed by atoms with Crippen LogP contribution in [0.2, 0.25) is 0 Å². The maximum absolute atomic E-state index is 12.5. The molecule has 2 aromatic carbocycles. The predicted octanol–water partition coefficient (Wildman–Crippen LogP) is 3.09. The molecule has 2 heterocycles. The molecular weight excluding hydrogens is 300 g/mol. The van der Waals surface area contributed by atoms with Crippen molar-refractivity contribution in [3.63, 3.8) is 0 Å². The van der Waals surface area contributed by atoms with E-state index < -0.39 is 0 Å². The number of carbonyl (C=O) groups excluding carboxylic acids is 1. The van der Waals surface area contributed by atoms with E-state index >= 15 is 0 Å². The van der Waals surface area contributed by atoms with Crippen molar-refractivity contribution in [2.45, 2.75) is 38.8 Å². The molecule has 0 aliphatic carbocycles. The topological polar surface area (TPSA) is 59.8 Å². The van der Waals surface area contributed by atoms with E-state index in [-0.39, 0.29) is 5.91 Å². The van der Waals surface area contributed by atoms with Crippen molar-refractivity contribution in [2.24, 2.45) is 0 Å². The molecule has 24 heavy (non-hydrogen) atoms. The maximum atomic E-state index is 12.5. The minimum Gasteiger partial charge on any atom is -0.345 e. The van der Waals surface area contributed by atoms with E-state index in [1.54, 1.807) is 0 Å². The van der Waals surface area contributed by atoms with Crippen molar-refractivity contribution < 1.29 is 4.79 Å². The van der Waals surface area contributed by atoms with E-state index in [4.69, 9.17) is 0 Å². The molecule has 1 aromatic heterocycles. The first kappa shape index (κ1) is 14.9. The number of hydrogen-bond acceptors (Lipinski definition) is 3. The molecule has 0 fully saturated rings. The molecule has 0 saturated carbocycles. The summed E-state index contributed by atoms with van der Waals surface area (Å²) in [5.41, 5.74) is 0.671. The lowest BCUT2D eigenvalue weighted by Gasteiger charge is -2.09. The number of benzene rings is 2. The minimum atomic E-state index is -0.0771. The van der Waals surface area contributed by atoms with Crippen molar-refractivity contribution in [3.8, 4) is 0 Å². The van der Waals surface area contributed by atoms with Crippen LogP contribution in [-0.2, 0) is 19.5 Å². The number of rotatable bonds is 3. The van der Waals surface area contributed by atoms with Crippen LogP contribution in [0.4, 0.5) is 0 Å². The molecule has 1 aliphatic rings. The summed E-state index contributed by atoms with van der Waals surface area (Å²) >= 11 is 0. The second-order valence-corrected chi connectivity index (χ2v) is 6.24. The largest absolute Gasteiger partial charge is 0.345 e. The molecule has 0 saturated heterocycles. The van der Waals surface area contributed by atoms with Crippen LogP contribution in [-0.4, -0.2) is 20.7 Å². The zero-order valence-electron chi connectivity index (χ0n) is 13.5. The van der Waals surface area contributed by atoms with E-state index in [0.717, 1.165) is 41.8 Å². The van der Waals surface area contributed by atoms with Crippen LogP contribution in [0.25, 0.3) is 10.8 Å². The molecule has 1 aliphatic heterocycles. The van der Waals surface area contributed by atoms with Crippen molar-refractivity contribution in [1.29, 1.82) is 0 Å². The highest BCUT2D eigenvalue weighted by atomic mass is 16.1. The van der Waals surface area contributed by atoms with Crippen molar-refractivity contribution in [1.82, 2.24) is 20.1 Å². The Bertz CT molecular complexity index is 884. The standard InChI is InChI=1S/C19H20N4O/c24-19(16-10-9-14-6-3-4-7-15(14)12-16)20-13-18-22-21-17-8-2-1-5-11-23(17)18/h3-4,6-7,9-10,12H,1-2,5,8,11,13H2,(H,20,24). The Morgan fingerprint density at radius 3 is 2.83 bits per heavy atom. The highest BCUT2D eigenvalue weighted by Crippen LogP contribution is 2.16. The fraction of sp³-hybridized carbons (Fsp3) is 0.316. The van der Waals surface area contributed by atoms with Gasteiger partial charge in [0.05, 0.1) is 6.54 Å². The average molecular weight is 320 g/mol. The Kier molecular flexibility index (Phi) is 3.99. The number of amides is 1. The fourth-order valence-electron chi connectivity index (χ4n) is 3.27. The number of nitrogens with zero attached hydrogens (tertiary/aromatic N) is 3. The summed E-state index contributed by atoms with van der Waals surface area (Å²) in [4.78, 5) is 12.5. The average Bonchev–Trinajstić information content (AvgIpc) is 2.85. The third-order valence-corrected chi connectivity index (χ3v) is 4.60. The monoisotopic (exact) mass is 320 g/mol. The van der Waals surface area contributed by atoms with Gasteiger partial charge in [0.15, 0.2) is 5.82 Å². The van der Waals surface area contributed by atoms with Gasteiger partial charge >= 0.3 is 0 Å². The van der Waals surface area contributed by atoms with Gasteiger partial charge in [-0.2, -0.15) is 0 Å². The van der Waals surface area contributed by atoms with Crippen LogP contribution in [0.15, 0.2) is 42.5 Å². The number of fused-ring (bicyclic) bond motifs is 2. The molecule has 0 radical (unpaired) electrons. The van der Waals surface area contributed by atoms with Crippen LogP contribution in [0.1, 0.15) is 41.3 Å². The molecule has 0 atom stereocenters. The first-order chi connectivity index (χ1) is 11.8. The number of carbonyl (C=O) groups is 1. The summed E-state index contributed by atoms with van der Waals surface area (Å²) in [6.45, 7) is 1.36. The Morgan fingerprint density at radius 2 is 1.92 bits per heavy atom. The van der Waals surface area contributed by atoms with E-state index in [2.05, 4.69) is 20.1 Å². The van der Waals surface area contributed by atoms with Crippen molar-refractivity contribution >= 4 is 16.7 Å². The Hall–Kier alpha value is -2.69. The molecule has 5 nitrogen and oxygen atoms in total. The Balaban J connectivity index is 1.49. The van der Waals surface area contributed by atoms with Crippen LogP contribution in [0, 0.1) is 0 Å². The summed E-state index contributed by atoms with van der Waals surface area (Å²) in [7, 11) is 0. The lowest BCUT2D eigenvalue weighted by Crippen LogP contribution is -2.25. The van der Waals surface area contributed by atoms with E-state index in [1.807, 2.05) is 42.5 Å². The first-order valence-electron chi connectivity index (χ1n) is 8.49. The van der Waals surface area contributed by atoms with Gasteiger partial charge in [0, 0.05) is 18.5 Å². The van der Waals surface area contributed by atoms with Crippen LogP contribution >= 0.6 is 0 Å². The lowest BCUT2D eigenvalue weighted by molar-refractivity contribution is 0.0949. The van der Waals surface area contributed by atoms with Gasteiger partial charge in [-0.3, -0.25) is 4.79 Å². The normalized spacial score (nSPS) is 14.2. The molecule has 3 aromatic rings. The van der Waals surface area contributed by atoms with Crippen molar-refractivity contribution in [3.05, 3.63) is 59.7 Å². The third kappa shape index (κ3) is 2.89. The molecule has 4 rings (SSSR count). The summed E-state index contributed by atoms with van der Waals surface area (Å²) < 4.78 is 2.16. The summed E-state index contributed by atoms with van der Waals surface area (Å²) in [6.07, 6.45) is 4.52. The predicted molar refractivity (Wildman–Crippen MR) is 92.7 cm³/mol. The number of aryl methyl sites for hydroxylation is 1. The van der Waals surface area contributed by atoms with Crippen LogP contribution in [0.3, 0.4) is 0 Å². The summed E-state index contributed by atoms with van der Waals surface area (Å²) in [5.74, 6) is 1.82. The molecule has 1 amide bonds. The molecule has 122 valence electrons. The highest BCUT2D eigenvalue weighted by Gasteiger charge is 2.15. The van der Waals surface area contributed by atoms with E-state index in [1.165, 1.54) is 12.8 Å². The quantitative estimate of drug-likeness (QED) is 0.807. The van der Waals surface area contributed by atoms with Gasteiger partial charge in [-0.25, -0.2) is 0 Å². The number of aromatic nitrogens is 3. The maximum Gasteiger partial charge on any atom is 0.251 e. The molecular formula is C19H20N4O. The van der Waals surface area contributed by atoms with Gasteiger partial charge in [0.2, 0.25) is 0 Å². The van der Waals surface area contributed by atoms with Crippen LogP contribution in [0.5, 0.6) is 0 Å². The minimum absolute atomic E-state index is 0.0771. The molecule has 5 heteroatoms. The van der Waals surface area contributed by atoms with E-state index in [0.29, 0.717) is 12.1 Å². The molecule has 0 spiro atoms. The molecule has 0 bridgehead atoms. The fourth-order valence-corrected chi connectivity index (χ4v) is 3.27. The van der Waals surface area contributed by atoms with Crippen molar-refractivity contribution in [2.75, 3.05) is 0 Å². The Morgan fingerprint density at radius 1 is 1.04 bits per heavy atom. The third-order valence-electron chi connectivity index (χ3n) is 4.60. The summed E-state index contributed by atoms with van der Waals surface area (Å²) in [5, 5.41) is 13.7. The molecule has 1 N–H and O–H groups in total. The number of hydrogen-bond donors (Lipinski definition) is 1. The van der Waals surface area contributed by atoms with Crippen LogP contribution < -0.4 is 5.32 Å². The van der Waals surface area contributed by atoms with Gasteiger partial charge in [-0.05, 0) is 35.7 Å². The lowest BCUT2D eigenvalue weighted by atomic mass is 10.1. The van der Waals surface area contributed by atoms with Gasteiger partial charge in [0.1, 0.15) is 5.82 Å². The van der Waals surface area contributed by atoms with Gasteiger partial charge in [-0.15, -0.1) is 10.2 Å². The van der Waals surface area contributed by atoms with Gasteiger partial charge < -0.3 is 9.88 Å². The highest BCUT2D eigenvalue weighted by molar-refractivity contribution is 5.98. The zero-order chi connectivity index (χ0) is 16.4. The summed E-state index contributed by atoms with van der Waals surface area (Å²) in [6, 6.07) is 13.8. The zero-order valence-corrected chi connectivity index (χ0v) is 13.5. The van der Waals surface area contributed by atoms with E-state index in [9.17, 15) is 4.79 Å². The SMILES string of the molecule is O=C(NCc1nnc2n1CCCCC2)c1ccc2ccccc2c1. The van der Waals surface area contributed by atoms with Gasteiger partial charge in [-0.1, -0.05) is 36.8 Å². The van der Waals surface area contributed by atoms with Gasteiger partial charge in [0.25, 0.3) is 5.91 Å².